The fourth-order valence-electron chi connectivity index (χ4n) is 8.91. The van der Waals surface area contributed by atoms with Gasteiger partial charge in [-0.3, -0.25) is 14.1 Å². The van der Waals surface area contributed by atoms with Crippen LogP contribution in [0.15, 0.2) is 48.6 Å². The third-order valence-electron chi connectivity index (χ3n) is 13.4. The molecular formula is C59H106O12S. The van der Waals surface area contributed by atoms with E-state index in [0.29, 0.717) is 19.3 Å². The Balaban J connectivity index is 2.34. The summed E-state index contributed by atoms with van der Waals surface area (Å²) in [6, 6.07) is 0. The molecule has 1 rings (SSSR count). The highest BCUT2D eigenvalue weighted by Gasteiger charge is 2.46. The molecule has 0 saturated carbocycles. The second-order valence-corrected chi connectivity index (χ2v) is 21.8. The molecule has 1 heterocycles. The zero-order chi connectivity index (χ0) is 52.6. The summed E-state index contributed by atoms with van der Waals surface area (Å²) in [6.07, 6.45) is 51.7. The predicted molar refractivity (Wildman–Crippen MR) is 293 cm³/mol. The van der Waals surface area contributed by atoms with E-state index in [2.05, 4.69) is 50.3 Å². The number of aliphatic hydroxyl groups excluding tert-OH is 3. The van der Waals surface area contributed by atoms with Gasteiger partial charge in [-0.15, -0.1) is 0 Å². The Bertz CT molecular complexity index is 1500. The van der Waals surface area contributed by atoms with Crippen LogP contribution in [-0.2, 0) is 38.7 Å². The molecule has 0 spiro atoms. The van der Waals surface area contributed by atoms with Crippen molar-refractivity contribution in [2.45, 2.75) is 295 Å². The molecule has 0 amide bonds. The highest BCUT2D eigenvalue weighted by Crippen LogP contribution is 2.24. The van der Waals surface area contributed by atoms with Crippen LogP contribution in [0.4, 0.5) is 0 Å². The van der Waals surface area contributed by atoms with Crippen molar-refractivity contribution in [2.24, 2.45) is 0 Å². The van der Waals surface area contributed by atoms with Crippen LogP contribution in [0.2, 0.25) is 0 Å². The molecule has 1 saturated heterocycles. The molecule has 1 aliphatic heterocycles. The minimum atomic E-state index is -4.62. The summed E-state index contributed by atoms with van der Waals surface area (Å²) >= 11 is 0. The third-order valence-corrected chi connectivity index (χ3v) is 14.2. The van der Waals surface area contributed by atoms with Gasteiger partial charge >= 0.3 is 11.9 Å². The molecule has 1 fully saturated rings. The van der Waals surface area contributed by atoms with Gasteiger partial charge in [0.05, 0.1) is 6.61 Å². The zero-order valence-corrected chi connectivity index (χ0v) is 46.4. The van der Waals surface area contributed by atoms with Crippen molar-refractivity contribution < 1.29 is 56.8 Å². The van der Waals surface area contributed by atoms with E-state index in [1.165, 1.54) is 167 Å². The second kappa shape index (κ2) is 48.3. The molecule has 1 aliphatic rings. The first kappa shape index (κ1) is 67.6. The summed E-state index contributed by atoms with van der Waals surface area (Å²) in [5, 5.41) is 31.0. The summed E-state index contributed by atoms with van der Waals surface area (Å²) in [5.74, 6) is -2.04. The summed E-state index contributed by atoms with van der Waals surface area (Å²) < 4.78 is 54.3. The van der Waals surface area contributed by atoms with Crippen LogP contribution >= 0.6 is 0 Å². The highest BCUT2D eigenvalue weighted by molar-refractivity contribution is 7.85. The van der Waals surface area contributed by atoms with Crippen molar-refractivity contribution in [3.63, 3.8) is 0 Å². The number of hydrogen-bond donors (Lipinski definition) is 4. The smallest absolute Gasteiger partial charge is 0.306 e. The van der Waals surface area contributed by atoms with Crippen LogP contribution in [0.25, 0.3) is 0 Å². The lowest BCUT2D eigenvalue weighted by atomic mass is 10.00. The third kappa shape index (κ3) is 41.9. The van der Waals surface area contributed by atoms with Gasteiger partial charge in [0.2, 0.25) is 0 Å². The van der Waals surface area contributed by atoms with E-state index >= 15 is 0 Å². The standard InChI is InChI=1S/C59H106O12S/c1-3-5-7-9-11-13-15-17-19-21-23-25-26-28-29-31-33-35-37-39-41-43-45-47-54(60)68-49-52(50-69-59-58(64)57(63)56(62)53(71-59)51-72(65,66)67)70-55(61)48-46-44-42-40-38-36-34-32-30-27-24-22-20-18-16-14-12-10-8-6-4-2/h20,22,27,30,34,36,40,42,52-53,56-59,62-64H,3-19,21,23-26,28-29,31-33,35,37-39,41,43-51H2,1-2H3,(H,65,66,67)/b22-20+,30-27+,36-34+,42-40+/t52-,53-,56-,57?,58?,59+/m1/s1. The van der Waals surface area contributed by atoms with Crippen molar-refractivity contribution in [3.05, 3.63) is 48.6 Å². The Morgan fingerprint density at radius 1 is 0.472 bits per heavy atom. The molecule has 0 radical (unpaired) electrons. The Labute approximate surface area is 439 Å². The summed E-state index contributed by atoms with van der Waals surface area (Å²) in [5.41, 5.74) is 0. The number of esters is 2. The first-order valence-corrected chi connectivity index (χ1v) is 30.8. The van der Waals surface area contributed by atoms with Crippen molar-refractivity contribution in [2.75, 3.05) is 19.0 Å². The molecule has 6 atom stereocenters. The van der Waals surface area contributed by atoms with E-state index in [0.717, 1.165) is 44.9 Å². The number of allylic oxidation sites excluding steroid dienone is 8. The van der Waals surface area contributed by atoms with Crippen LogP contribution in [0, 0.1) is 0 Å². The molecule has 72 heavy (non-hydrogen) atoms. The minimum Gasteiger partial charge on any atom is -0.462 e. The maximum atomic E-state index is 12.9. The lowest BCUT2D eigenvalue weighted by molar-refractivity contribution is -0.297. The largest absolute Gasteiger partial charge is 0.462 e. The average molecular weight is 1040 g/mol. The Morgan fingerprint density at radius 3 is 1.28 bits per heavy atom. The summed E-state index contributed by atoms with van der Waals surface area (Å²) in [4.78, 5) is 25.6. The molecule has 13 heteroatoms. The number of carbonyl (C=O) groups is 2. The normalized spacial score (nSPS) is 19.1. The lowest BCUT2D eigenvalue weighted by Gasteiger charge is -2.40. The van der Waals surface area contributed by atoms with Crippen LogP contribution < -0.4 is 0 Å². The zero-order valence-electron chi connectivity index (χ0n) is 45.5. The Hall–Kier alpha value is -2.39. The molecule has 0 bridgehead atoms. The molecule has 0 aromatic carbocycles. The highest BCUT2D eigenvalue weighted by atomic mass is 32.2. The molecule has 0 aromatic heterocycles. The average Bonchev–Trinajstić information content (AvgIpc) is 3.35. The van der Waals surface area contributed by atoms with Crippen molar-refractivity contribution in [3.8, 4) is 0 Å². The van der Waals surface area contributed by atoms with Crippen molar-refractivity contribution in [1.29, 1.82) is 0 Å². The van der Waals surface area contributed by atoms with E-state index in [1.54, 1.807) is 0 Å². The predicted octanol–water partition coefficient (Wildman–Crippen LogP) is 14.2. The molecule has 0 aromatic rings. The number of carbonyl (C=O) groups excluding carboxylic acids is 2. The summed E-state index contributed by atoms with van der Waals surface area (Å²) in [7, 11) is -4.62. The van der Waals surface area contributed by atoms with Gasteiger partial charge in [-0.05, 0) is 51.4 Å². The van der Waals surface area contributed by atoms with E-state index in [1.807, 2.05) is 12.2 Å². The van der Waals surface area contributed by atoms with Gasteiger partial charge in [-0.25, -0.2) is 0 Å². The lowest BCUT2D eigenvalue weighted by Crippen LogP contribution is -2.60. The minimum absolute atomic E-state index is 0.0896. The number of rotatable bonds is 50. The molecule has 4 N–H and O–H groups in total. The van der Waals surface area contributed by atoms with E-state index < -0.39 is 71.2 Å². The van der Waals surface area contributed by atoms with Gasteiger partial charge in [0.1, 0.15) is 36.8 Å². The monoisotopic (exact) mass is 1040 g/mol. The van der Waals surface area contributed by atoms with Crippen molar-refractivity contribution in [1.82, 2.24) is 0 Å². The maximum Gasteiger partial charge on any atom is 0.306 e. The maximum absolute atomic E-state index is 12.9. The Morgan fingerprint density at radius 2 is 0.847 bits per heavy atom. The first-order chi connectivity index (χ1) is 35.0. The van der Waals surface area contributed by atoms with Crippen LogP contribution in [0.1, 0.15) is 258 Å². The van der Waals surface area contributed by atoms with E-state index in [9.17, 15) is 37.9 Å². The fraction of sp³-hybridized carbons (Fsp3) is 0.831. The SMILES string of the molecule is CCCCCCCCC/C=C/C/C=C/C/C=C/C/C=C/CCCC(=O)O[C@H](COC(=O)CCCCCCCCCCCCCCCCCCCCCCCCC)CO[C@H]1O[C@H](CS(=O)(=O)O)[C@@H](O)C(O)C1O. The molecular weight excluding hydrogens is 933 g/mol. The fourth-order valence-corrected chi connectivity index (χ4v) is 9.60. The molecule has 12 nitrogen and oxygen atoms in total. The molecule has 0 aliphatic carbocycles. The number of aliphatic hydroxyl groups is 3. The topological polar surface area (TPSA) is 186 Å². The second-order valence-electron chi connectivity index (χ2n) is 20.3. The van der Waals surface area contributed by atoms with Crippen LogP contribution in [0.5, 0.6) is 0 Å². The molecule has 420 valence electrons. The van der Waals surface area contributed by atoms with Gasteiger partial charge in [-0.1, -0.05) is 242 Å². The van der Waals surface area contributed by atoms with Crippen molar-refractivity contribution >= 4 is 22.1 Å². The number of hydrogen-bond acceptors (Lipinski definition) is 11. The van der Waals surface area contributed by atoms with Crippen LogP contribution in [0.3, 0.4) is 0 Å². The quantitative estimate of drug-likeness (QED) is 0.0196. The van der Waals surface area contributed by atoms with Gasteiger partial charge in [0.15, 0.2) is 12.4 Å². The van der Waals surface area contributed by atoms with E-state index in [-0.39, 0.29) is 19.4 Å². The first-order valence-electron chi connectivity index (χ1n) is 29.2. The Kier molecular flexibility index (Phi) is 45.3. The van der Waals surface area contributed by atoms with Gasteiger partial charge in [0.25, 0.3) is 10.1 Å². The summed E-state index contributed by atoms with van der Waals surface area (Å²) in [6.45, 7) is 3.77. The van der Waals surface area contributed by atoms with E-state index in [4.69, 9.17) is 18.9 Å². The van der Waals surface area contributed by atoms with Gasteiger partial charge in [0, 0.05) is 12.8 Å². The van der Waals surface area contributed by atoms with Gasteiger partial charge in [-0.2, -0.15) is 8.42 Å². The van der Waals surface area contributed by atoms with Crippen LogP contribution in [-0.4, -0.2) is 96.0 Å². The molecule has 2 unspecified atom stereocenters. The van der Waals surface area contributed by atoms with Gasteiger partial charge < -0.3 is 34.3 Å². The number of unbranched alkanes of at least 4 members (excludes halogenated alkanes) is 30. The number of ether oxygens (including phenoxy) is 4.